The lowest BCUT2D eigenvalue weighted by Gasteiger charge is -2.15. The number of nitrogens with one attached hydrogen (secondary N) is 2. The van der Waals surface area contributed by atoms with Crippen LogP contribution in [0.4, 0.5) is 32.0 Å². The fourth-order valence-corrected chi connectivity index (χ4v) is 3.34. The number of ether oxygens (including phenoxy) is 1. The maximum atomic E-state index is 13.0. The second kappa shape index (κ2) is 11.5. The van der Waals surface area contributed by atoms with Gasteiger partial charge in [-0.2, -0.15) is 26.3 Å². The van der Waals surface area contributed by atoms with Crippen molar-refractivity contribution in [1.82, 2.24) is 0 Å². The van der Waals surface area contributed by atoms with E-state index in [1.807, 2.05) is 0 Å². The number of alkyl halides is 6. The number of hydrogen-bond donors (Lipinski definition) is 2. The largest absolute Gasteiger partial charge is 0.462 e. The molecule has 3 aromatic rings. The van der Waals surface area contributed by atoms with Gasteiger partial charge >= 0.3 is 18.3 Å². The summed E-state index contributed by atoms with van der Waals surface area (Å²) in [6.45, 7) is -0.177. The van der Waals surface area contributed by atoms with Crippen molar-refractivity contribution in [3.8, 4) is 0 Å². The lowest BCUT2D eigenvalue weighted by atomic mass is 10.1. The topological polar surface area (TPSA) is 62.2 Å². The predicted octanol–water partition coefficient (Wildman–Crippen LogP) is 7.79. The van der Waals surface area contributed by atoms with Crippen LogP contribution in [0.15, 0.2) is 78.9 Å². The summed E-state index contributed by atoms with van der Waals surface area (Å²) in [6, 6.07) is 16.4. The highest BCUT2D eigenvalue weighted by atomic mass is 35.5. The number of anilines is 1. The molecule has 194 valence electrons. The Morgan fingerprint density at radius 3 is 2.19 bits per heavy atom. The first-order valence-corrected chi connectivity index (χ1v) is 11.0. The van der Waals surface area contributed by atoms with Crippen LogP contribution in [0.3, 0.4) is 0 Å². The van der Waals surface area contributed by atoms with E-state index >= 15 is 0 Å². The number of carbonyl (C=O) groups is 1. The van der Waals surface area contributed by atoms with Gasteiger partial charge in [0, 0.05) is 12.1 Å². The van der Waals surface area contributed by atoms with E-state index in [1.54, 1.807) is 18.2 Å². The van der Waals surface area contributed by atoms with Crippen LogP contribution in [0.25, 0.3) is 5.70 Å². The molecule has 11 heteroatoms. The van der Waals surface area contributed by atoms with Crippen molar-refractivity contribution < 1.29 is 35.9 Å². The summed E-state index contributed by atoms with van der Waals surface area (Å²) in [6.07, 6.45) is -8.70. The summed E-state index contributed by atoms with van der Waals surface area (Å²) in [4.78, 5) is 12.4. The minimum absolute atomic E-state index is 0.0575. The lowest BCUT2D eigenvalue weighted by molar-refractivity contribution is -0.137. The summed E-state index contributed by atoms with van der Waals surface area (Å²) in [5, 5.41) is 10.4. The number of carbonyl (C=O) groups excluding carboxylic acids is 1. The standard InChI is InChI=1S/C26H19ClF6N2O2/c27-20-6-1-2-7-21(20)35-22(15-23(34)26(31,32)33)17-8-10-18(11-9-17)24(36)37-13-12-16-4-3-5-19(14-16)25(28,29)30/h1-11,14-15,34-35H,12-13H2/b22-15-,34-23?. The average molecular weight is 541 g/mol. The Morgan fingerprint density at radius 1 is 0.919 bits per heavy atom. The van der Waals surface area contributed by atoms with Gasteiger partial charge in [0.25, 0.3) is 0 Å². The maximum absolute atomic E-state index is 13.0. The Bertz CT molecular complexity index is 1300. The molecule has 0 spiro atoms. The van der Waals surface area contributed by atoms with Crippen LogP contribution in [0, 0.1) is 5.41 Å². The molecule has 3 aromatic carbocycles. The van der Waals surface area contributed by atoms with Crippen molar-refractivity contribution in [3.63, 3.8) is 0 Å². The van der Waals surface area contributed by atoms with Gasteiger partial charge in [0.2, 0.25) is 0 Å². The molecular weight excluding hydrogens is 522 g/mol. The van der Waals surface area contributed by atoms with E-state index < -0.39 is 29.6 Å². The molecule has 0 bridgehead atoms. The van der Waals surface area contributed by atoms with Gasteiger partial charge < -0.3 is 10.1 Å². The van der Waals surface area contributed by atoms with Crippen LogP contribution in [-0.2, 0) is 17.3 Å². The van der Waals surface area contributed by atoms with E-state index in [-0.39, 0.29) is 34.9 Å². The minimum atomic E-state index is -4.88. The Labute approximate surface area is 213 Å². The van der Waals surface area contributed by atoms with Gasteiger partial charge in [0.1, 0.15) is 5.71 Å². The number of rotatable bonds is 8. The molecule has 0 atom stereocenters. The third-order valence-corrected chi connectivity index (χ3v) is 5.38. The second-order valence-corrected chi connectivity index (χ2v) is 8.14. The van der Waals surface area contributed by atoms with Crippen molar-refractivity contribution in [2.45, 2.75) is 18.8 Å². The summed E-state index contributed by atoms with van der Waals surface area (Å²) in [5.41, 5.74) is -1.53. The number of benzene rings is 3. The molecule has 0 radical (unpaired) electrons. The highest BCUT2D eigenvalue weighted by molar-refractivity contribution is 6.33. The molecule has 3 rings (SSSR count). The summed E-state index contributed by atoms with van der Waals surface area (Å²) < 4.78 is 82.6. The zero-order chi connectivity index (χ0) is 27.2. The predicted molar refractivity (Wildman–Crippen MR) is 129 cm³/mol. The maximum Gasteiger partial charge on any atom is 0.432 e. The first kappa shape index (κ1) is 27.8. The van der Waals surface area contributed by atoms with E-state index in [0.717, 1.165) is 12.1 Å². The van der Waals surface area contributed by atoms with Crippen LogP contribution in [0.2, 0.25) is 5.02 Å². The SMILES string of the molecule is N=C(/C=C(\Nc1ccccc1Cl)c1ccc(C(=O)OCCc2cccc(C(F)(F)F)c2)cc1)C(F)(F)F. The Balaban J connectivity index is 1.72. The van der Waals surface area contributed by atoms with Crippen molar-refractivity contribution in [2.24, 2.45) is 0 Å². The number of esters is 1. The second-order valence-electron chi connectivity index (χ2n) is 7.74. The molecule has 0 saturated heterocycles. The number of hydrogen-bond acceptors (Lipinski definition) is 4. The van der Waals surface area contributed by atoms with Crippen LogP contribution in [0.5, 0.6) is 0 Å². The van der Waals surface area contributed by atoms with Crippen molar-refractivity contribution in [1.29, 1.82) is 5.41 Å². The molecule has 0 heterocycles. The van der Waals surface area contributed by atoms with Crippen LogP contribution >= 0.6 is 11.6 Å². The molecule has 0 saturated carbocycles. The Hall–Kier alpha value is -3.79. The van der Waals surface area contributed by atoms with E-state index in [9.17, 15) is 31.1 Å². The molecule has 0 amide bonds. The molecule has 0 fully saturated rings. The highest BCUT2D eigenvalue weighted by Crippen LogP contribution is 2.30. The number of para-hydroxylation sites is 1. The Morgan fingerprint density at radius 2 is 1.57 bits per heavy atom. The van der Waals surface area contributed by atoms with Gasteiger partial charge in [-0.15, -0.1) is 0 Å². The summed E-state index contributed by atoms with van der Waals surface area (Å²) >= 11 is 6.09. The van der Waals surface area contributed by atoms with Crippen molar-refractivity contribution in [2.75, 3.05) is 11.9 Å². The van der Waals surface area contributed by atoms with Gasteiger partial charge in [-0.25, -0.2) is 4.79 Å². The summed E-state index contributed by atoms with van der Waals surface area (Å²) in [5.74, 6) is -0.758. The van der Waals surface area contributed by atoms with Crippen LogP contribution in [-0.4, -0.2) is 24.5 Å². The molecule has 0 aromatic heterocycles. The number of halogens is 7. The first-order valence-electron chi connectivity index (χ1n) is 10.7. The van der Waals surface area contributed by atoms with E-state index in [4.69, 9.17) is 21.7 Å². The molecule has 37 heavy (non-hydrogen) atoms. The van der Waals surface area contributed by atoms with Gasteiger partial charge in [-0.05, 0) is 47.5 Å². The van der Waals surface area contributed by atoms with E-state index in [2.05, 4.69) is 5.32 Å². The fraction of sp³-hybridized carbons (Fsp3) is 0.154. The van der Waals surface area contributed by atoms with Crippen LogP contribution < -0.4 is 5.32 Å². The van der Waals surface area contributed by atoms with E-state index in [0.29, 0.717) is 17.3 Å². The van der Waals surface area contributed by atoms with E-state index in [1.165, 1.54) is 42.5 Å². The fourth-order valence-electron chi connectivity index (χ4n) is 3.16. The molecule has 0 unspecified atom stereocenters. The number of allylic oxidation sites excluding steroid dienone is 1. The zero-order valence-electron chi connectivity index (χ0n) is 18.9. The Kier molecular flexibility index (Phi) is 8.65. The minimum Gasteiger partial charge on any atom is -0.462 e. The molecule has 2 N–H and O–H groups in total. The normalized spacial score (nSPS) is 12.2. The van der Waals surface area contributed by atoms with Crippen LogP contribution in [0.1, 0.15) is 27.0 Å². The average Bonchev–Trinajstić information content (AvgIpc) is 2.84. The molecule has 4 nitrogen and oxygen atoms in total. The monoisotopic (exact) mass is 540 g/mol. The van der Waals surface area contributed by atoms with Crippen molar-refractivity contribution in [3.05, 3.63) is 106 Å². The highest BCUT2D eigenvalue weighted by Gasteiger charge is 2.33. The third kappa shape index (κ3) is 7.85. The van der Waals surface area contributed by atoms with Gasteiger partial charge in [-0.1, -0.05) is 54.1 Å². The third-order valence-electron chi connectivity index (χ3n) is 5.05. The first-order chi connectivity index (χ1) is 17.3. The molecule has 0 aliphatic heterocycles. The van der Waals surface area contributed by atoms with Crippen molar-refractivity contribution >= 4 is 34.7 Å². The molecule has 0 aliphatic rings. The molecular formula is C26H19ClF6N2O2. The molecule has 0 aliphatic carbocycles. The van der Waals surface area contributed by atoms with Gasteiger partial charge in [0.05, 0.1) is 28.4 Å². The van der Waals surface area contributed by atoms with Gasteiger partial charge in [-0.3, -0.25) is 5.41 Å². The lowest BCUT2D eigenvalue weighted by Crippen LogP contribution is -2.20. The van der Waals surface area contributed by atoms with Gasteiger partial charge in [0.15, 0.2) is 0 Å². The smallest absolute Gasteiger partial charge is 0.432 e. The zero-order valence-corrected chi connectivity index (χ0v) is 19.6. The quantitative estimate of drug-likeness (QED) is 0.174. The summed E-state index contributed by atoms with van der Waals surface area (Å²) in [7, 11) is 0.